The molecule has 0 saturated carbocycles. The molecule has 25 heavy (non-hydrogen) atoms. The monoisotopic (exact) mass is 338 g/mol. The number of carbonyl (C=O) groups is 1. The number of aldehydes is 1. The SMILES string of the molecule is COc1ccc(C=O)cc1OCCc1c(C)nc2ccccn2c1=O. The zero-order chi connectivity index (χ0) is 17.8. The molecule has 0 spiro atoms. The maximum Gasteiger partial charge on any atom is 0.261 e. The van der Waals surface area contributed by atoms with Crippen LogP contribution >= 0.6 is 0 Å². The van der Waals surface area contributed by atoms with Crippen LogP contribution in [0.25, 0.3) is 5.65 Å². The van der Waals surface area contributed by atoms with E-state index < -0.39 is 0 Å². The Morgan fingerprint density at radius 3 is 2.80 bits per heavy atom. The van der Waals surface area contributed by atoms with Gasteiger partial charge in [0.2, 0.25) is 0 Å². The van der Waals surface area contributed by atoms with Gasteiger partial charge in [-0.2, -0.15) is 0 Å². The second-order valence-electron chi connectivity index (χ2n) is 5.54. The first kappa shape index (κ1) is 16.7. The third kappa shape index (κ3) is 3.38. The molecule has 2 aromatic heterocycles. The average molecular weight is 338 g/mol. The van der Waals surface area contributed by atoms with Crippen molar-refractivity contribution in [3.05, 3.63) is 69.8 Å². The van der Waals surface area contributed by atoms with E-state index in [2.05, 4.69) is 4.98 Å². The molecule has 3 rings (SSSR count). The van der Waals surface area contributed by atoms with Crippen LogP contribution in [0.4, 0.5) is 0 Å². The number of ether oxygens (including phenoxy) is 2. The predicted molar refractivity (Wildman–Crippen MR) is 93.8 cm³/mol. The fourth-order valence-corrected chi connectivity index (χ4v) is 2.67. The maximum absolute atomic E-state index is 12.6. The highest BCUT2D eigenvalue weighted by Crippen LogP contribution is 2.27. The molecule has 6 nitrogen and oxygen atoms in total. The van der Waals surface area contributed by atoms with Crippen molar-refractivity contribution in [1.82, 2.24) is 9.38 Å². The van der Waals surface area contributed by atoms with E-state index in [1.165, 1.54) is 11.5 Å². The lowest BCUT2D eigenvalue weighted by Crippen LogP contribution is -2.23. The van der Waals surface area contributed by atoms with Crippen LogP contribution < -0.4 is 15.0 Å². The second-order valence-corrected chi connectivity index (χ2v) is 5.54. The number of nitrogens with zero attached hydrogens (tertiary/aromatic N) is 2. The summed E-state index contributed by atoms with van der Waals surface area (Å²) < 4.78 is 12.5. The van der Waals surface area contributed by atoms with Crippen LogP contribution in [-0.4, -0.2) is 29.4 Å². The van der Waals surface area contributed by atoms with Gasteiger partial charge in [-0.25, -0.2) is 4.98 Å². The van der Waals surface area contributed by atoms with Crippen molar-refractivity contribution in [3.63, 3.8) is 0 Å². The van der Waals surface area contributed by atoms with Crippen molar-refractivity contribution in [3.8, 4) is 11.5 Å². The molecular weight excluding hydrogens is 320 g/mol. The van der Waals surface area contributed by atoms with E-state index in [-0.39, 0.29) is 12.2 Å². The molecule has 0 saturated heterocycles. The standard InChI is InChI=1S/C19H18N2O4/c1-13-15(19(23)21-9-4-3-5-18(21)20-13)8-10-25-17-11-14(12-22)6-7-16(17)24-2/h3-7,9,11-12H,8,10H2,1-2H3. The summed E-state index contributed by atoms with van der Waals surface area (Å²) in [4.78, 5) is 28.0. The summed E-state index contributed by atoms with van der Waals surface area (Å²) in [6, 6.07) is 10.4. The molecule has 0 aliphatic carbocycles. The lowest BCUT2D eigenvalue weighted by atomic mass is 10.1. The summed E-state index contributed by atoms with van der Waals surface area (Å²) in [6.07, 6.45) is 2.85. The quantitative estimate of drug-likeness (QED) is 0.646. The van der Waals surface area contributed by atoms with E-state index in [1.54, 1.807) is 36.5 Å². The number of hydrogen-bond acceptors (Lipinski definition) is 5. The Balaban J connectivity index is 1.82. The molecule has 6 heteroatoms. The minimum absolute atomic E-state index is 0.0969. The van der Waals surface area contributed by atoms with Crippen molar-refractivity contribution in [2.75, 3.05) is 13.7 Å². The van der Waals surface area contributed by atoms with E-state index in [1.807, 2.05) is 13.0 Å². The largest absolute Gasteiger partial charge is 0.493 e. The van der Waals surface area contributed by atoms with E-state index in [0.29, 0.717) is 40.4 Å². The number of aryl methyl sites for hydroxylation is 1. The molecule has 3 aromatic rings. The van der Waals surface area contributed by atoms with E-state index in [9.17, 15) is 9.59 Å². The van der Waals surface area contributed by atoms with Gasteiger partial charge in [-0.1, -0.05) is 6.07 Å². The number of aromatic nitrogens is 2. The normalized spacial score (nSPS) is 10.6. The van der Waals surface area contributed by atoms with Crippen LogP contribution in [0.1, 0.15) is 21.6 Å². The molecule has 0 aliphatic heterocycles. The summed E-state index contributed by atoms with van der Waals surface area (Å²) in [5.41, 5.74) is 2.32. The van der Waals surface area contributed by atoms with E-state index >= 15 is 0 Å². The van der Waals surface area contributed by atoms with Crippen molar-refractivity contribution in [2.45, 2.75) is 13.3 Å². The summed E-state index contributed by atoms with van der Waals surface area (Å²) in [5.74, 6) is 1.01. The Morgan fingerprint density at radius 1 is 1.20 bits per heavy atom. The Kier molecular flexibility index (Phi) is 4.79. The number of hydrogen-bond donors (Lipinski definition) is 0. The number of rotatable bonds is 6. The van der Waals surface area contributed by atoms with Crippen LogP contribution in [0.3, 0.4) is 0 Å². The van der Waals surface area contributed by atoms with Gasteiger partial charge in [-0.3, -0.25) is 14.0 Å². The lowest BCUT2D eigenvalue weighted by Gasteiger charge is -2.12. The molecule has 0 fully saturated rings. The zero-order valence-electron chi connectivity index (χ0n) is 14.1. The average Bonchev–Trinajstić information content (AvgIpc) is 2.64. The third-order valence-corrected chi connectivity index (χ3v) is 3.97. The van der Waals surface area contributed by atoms with Gasteiger partial charge in [0.15, 0.2) is 11.5 Å². The fourth-order valence-electron chi connectivity index (χ4n) is 2.67. The summed E-state index contributed by atoms with van der Waals surface area (Å²) >= 11 is 0. The number of methoxy groups -OCH3 is 1. The summed E-state index contributed by atoms with van der Waals surface area (Å²) in [6.45, 7) is 2.09. The van der Waals surface area contributed by atoms with Crippen molar-refractivity contribution < 1.29 is 14.3 Å². The molecule has 128 valence electrons. The number of carbonyl (C=O) groups excluding carboxylic acids is 1. The number of benzene rings is 1. The van der Waals surface area contributed by atoms with Crippen molar-refractivity contribution >= 4 is 11.9 Å². The molecule has 0 bridgehead atoms. The third-order valence-electron chi connectivity index (χ3n) is 3.97. The zero-order valence-corrected chi connectivity index (χ0v) is 14.1. The van der Waals surface area contributed by atoms with Gasteiger partial charge in [0.05, 0.1) is 13.7 Å². The first-order chi connectivity index (χ1) is 12.1. The highest BCUT2D eigenvalue weighted by molar-refractivity contribution is 5.76. The first-order valence-corrected chi connectivity index (χ1v) is 7.87. The molecule has 0 unspecified atom stereocenters. The molecule has 0 radical (unpaired) electrons. The van der Waals surface area contributed by atoms with E-state index in [0.717, 1.165) is 6.29 Å². The Labute approximate surface area is 144 Å². The molecule has 0 aliphatic rings. The minimum atomic E-state index is -0.0969. The molecule has 0 amide bonds. The minimum Gasteiger partial charge on any atom is -0.493 e. The van der Waals surface area contributed by atoms with Gasteiger partial charge in [0.25, 0.3) is 5.56 Å². The first-order valence-electron chi connectivity index (χ1n) is 7.87. The number of pyridine rings is 1. The lowest BCUT2D eigenvalue weighted by molar-refractivity contribution is 0.112. The number of fused-ring (bicyclic) bond motifs is 1. The maximum atomic E-state index is 12.6. The van der Waals surface area contributed by atoms with Gasteiger partial charge in [0.1, 0.15) is 11.9 Å². The van der Waals surface area contributed by atoms with Crippen molar-refractivity contribution in [2.24, 2.45) is 0 Å². The molecule has 0 atom stereocenters. The van der Waals surface area contributed by atoms with Gasteiger partial charge >= 0.3 is 0 Å². The van der Waals surface area contributed by atoms with Crippen LogP contribution in [0.2, 0.25) is 0 Å². The molecule has 2 heterocycles. The predicted octanol–water partition coefficient (Wildman–Crippen LogP) is 2.45. The molecule has 0 N–H and O–H groups in total. The smallest absolute Gasteiger partial charge is 0.261 e. The van der Waals surface area contributed by atoms with Crippen LogP contribution in [0.15, 0.2) is 47.4 Å². The summed E-state index contributed by atoms with van der Waals surface area (Å²) in [5, 5.41) is 0. The van der Waals surface area contributed by atoms with Crippen molar-refractivity contribution in [1.29, 1.82) is 0 Å². The summed E-state index contributed by atoms with van der Waals surface area (Å²) in [7, 11) is 1.53. The van der Waals surface area contributed by atoms with Gasteiger partial charge in [-0.05, 0) is 37.3 Å². The Bertz CT molecular complexity index is 979. The van der Waals surface area contributed by atoms with Gasteiger partial charge < -0.3 is 9.47 Å². The van der Waals surface area contributed by atoms with Gasteiger partial charge in [-0.15, -0.1) is 0 Å². The van der Waals surface area contributed by atoms with Gasteiger partial charge in [0, 0.05) is 29.4 Å². The van der Waals surface area contributed by atoms with Crippen LogP contribution in [-0.2, 0) is 6.42 Å². The molecule has 1 aromatic carbocycles. The second kappa shape index (κ2) is 7.17. The van der Waals surface area contributed by atoms with Crippen LogP contribution in [0, 0.1) is 6.92 Å². The molecular formula is C19H18N2O4. The Hall–Kier alpha value is -3.15. The van der Waals surface area contributed by atoms with Crippen LogP contribution in [0.5, 0.6) is 11.5 Å². The Morgan fingerprint density at radius 2 is 2.04 bits per heavy atom. The fraction of sp³-hybridized carbons (Fsp3) is 0.211. The van der Waals surface area contributed by atoms with E-state index in [4.69, 9.17) is 9.47 Å². The highest BCUT2D eigenvalue weighted by Gasteiger charge is 2.11. The topological polar surface area (TPSA) is 69.9 Å². The highest BCUT2D eigenvalue weighted by atomic mass is 16.5.